The lowest BCUT2D eigenvalue weighted by Crippen LogP contribution is -2.28. The summed E-state index contributed by atoms with van der Waals surface area (Å²) < 4.78 is 0. The van der Waals surface area contributed by atoms with E-state index in [-0.39, 0.29) is 5.91 Å². The number of anilines is 1. The van der Waals surface area contributed by atoms with Gasteiger partial charge in [-0.15, -0.1) is 0 Å². The normalized spacial score (nSPS) is 10.7. The molecule has 122 valence electrons. The largest absolute Gasteiger partial charge is 0.350 e. The molecule has 2 aromatic rings. The first-order valence-corrected chi connectivity index (χ1v) is 7.87. The number of aryl methyl sites for hydroxylation is 2. The number of benzene rings is 1. The Balaban J connectivity index is 2.06. The SMILES string of the molecule is Cc1cccc(CNc2nc(C)cc(C(=O)NCC(C)C)n2)c1. The first kappa shape index (κ1) is 16.9. The molecule has 2 rings (SSSR count). The van der Waals surface area contributed by atoms with Crippen molar-refractivity contribution < 1.29 is 4.79 Å². The second kappa shape index (κ2) is 7.72. The minimum absolute atomic E-state index is 0.164. The summed E-state index contributed by atoms with van der Waals surface area (Å²) in [6, 6.07) is 9.94. The Hall–Kier alpha value is -2.43. The standard InChI is InChI=1S/C18H24N4O/c1-12(2)10-19-17(23)16-9-14(4)21-18(22-16)20-11-15-7-5-6-13(3)8-15/h5-9,12H,10-11H2,1-4H3,(H,19,23)(H,20,21,22). The fourth-order valence-corrected chi connectivity index (χ4v) is 2.15. The molecule has 0 unspecified atom stereocenters. The minimum Gasteiger partial charge on any atom is -0.350 e. The van der Waals surface area contributed by atoms with Crippen molar-refractivity contribution in [1.82, 2.24) is 15.3 Å². The van der Waals surface area contributed by atoms with Crippen molar-refractivity contribution in [3.63, 3.8) is 0 Å². The van der Waals surface area contributed by atoms with Gasteiger partial charge in [0.15, 0.2) is 0 Å². The maximum atomic E-state index is 12.1. The Bertz CT molecular complexity index is 682. The molecule has 1 aromatic heterocycles. The second-order valence-corrected chi connectivity index (χ2v) is 6.16. The number of nitrogens with zero attached hydrogens (tertiary/aromatic N) is 2. The van der Waals surface area contributed by atoms with Crippen LogP contribution >= 0.6 is 0 Å². The summed E-state index contributed by atoms with van der Waals surface area (Å²) in [4.78, 5) is 20.8. The van der Waals surface area contributed by atoms with Gasteiger partial charge in [0.25, 0.3) is 5.91 Å². The van der Waals surface area contributed by atoms with Crippen molar-refractivity contribution in [1.29, 1.82) is 0 Å². The zero-order valence-electron chi connectivity index (χ0n) is 14.2. The van der Waals surface area contributed by atoms with Gasteiger partial charge in [-0.3, -0.25) is 4.79 Å². The van der Waals surface area contributed by atoms with Crippen molar-refractivity contribution in [2.75, 3.05) is 11.9 Å². The van der Waals surface area contributed by atoms with Gasteiger partial charge in [-0.2, -0.15) is 0 Å². The number of carbonyl (C=O) groups is 1. The minimum atomic E-state index is -0.164. The zero-order chi connectivity index (χ0) is 16.8. The highest BCUT2D eigenvalue weighted by Crippen LogP contribution is 2.09. The summed E-state index contributed by atoms with van der Waals surface area (Å²) in [5.41, 5.74) is 3.52. The summed E-state index contributed by atoms with van der Waals surface area (Å²) >= 11 is 0. The average molecular weight is 312 g/mol. The van der Waals surface area contributed by atoms with E-state index in [9.17, 15) is 4.79 Å². The molecule has 1 amide bonds. The van der Waals surface area contributed by atoms with E-state index < -0.39 is 0 Å². The van der Waals surface area contributed by atoms with Crippen LogP contribution in [-0.2, 0) is 6.54 Å². The fraction of sp³-hybridized carbons (Fsp3) is 0.389. The van der Waals surface area contributed by atoms with Gasteiger partial charge in [0, 0.05) is 18.8 Å². The van der Waals surface area contributed by atoms with Gasteiger partial charge in [0.2, 0.25) is 5.95 Å². The molecule has 0 saturated carbocycles. The highest BCUT2D eigenvalue weighted by molar-refractivity contribution is 5.92. The fourth-order valence-electron chi connectivity index (χ4n) is 2.15. The van der Waals surface area contributed by atoms with Crippen LogP contribution in [0.4, 0.5) is 5.95 Å². The Morgan fingerprint density at radius 1 is 1.17 bits per heavy atom. The Kier molecular flexibility index (Phi) is 5.68. The van der Waals surface area contributed by atoms with Gasteiger partial charge < -0.3 is 10.6 Å². The molecule has 5 nitrogen and oxygen atoms in total. The molecule has 0 radical (unpaired) electrons. The molecule has 0 bridgehead atoms. The lowest BCUT2D eigenvalue weighted by Gasteiger charge is -2.10. The molecule has 2 N–H and O–H groups in total. The quantitative estimate of drug-likeness (QED) is 0.860. The molecule has 0 aliphatic carbocycles. The predicted octanol–water partition coefficient (Wildman–Crippen LogP) is 3.09. The summed E-state index contributed by atoms with van der Waals surface area (Å²) in [5, 5.41) is 6.06. The molecule has 1 aromatic carbocycles. The van der Waals surface area contributed by atoms with Crippen molar-refractivity contribution in [3.05, 3.63) is 52.8 Å². The number of hydrogen-bond acceptors (Lipinski definition) is 4. The van der Waals surface area contributed by atoms with Gasteiger partial charge in [-0.05, 0) is 31.4 Å². The van der Waals surface area contributed by atoms with Gasteiger partial charge >= 0.3 is 0 Å². The van der Waals surface area contributed by atoms with Gasteiger partial charge in [-0.25, -0.2) is 9.97 Å². The molecular weight excluding hydrogens is 288 g/mol. The summed E-state index contributed by atoms with van der Waals surface area (Å²) in [5.74, 6) is 0.713. The molecule has 0 saturated heterocycles. The molecule has 0 atom stereocenters. The van der Waals surface area contributed by atoms with E-state index in [4.69, 9.17) is 0 Å². The van der Waals surface area contributed by atoms with E-state index in [1.54, 1.807) is 6.07 Å². The first-order valence-electron chi connectivity index (χ1n) is 7.87. The third-order valence-corrected chi connectivity index (χ3v) is 3.29. The van der Waals surface area contributed by atoms with Crippen molar-refractivity contribution in [3.8, 4) is 0 Å². The lowest BCUT2D eigenvalue weighted by molar-refractivity contribution is 0.0944. The smallest absolute Gasteiger partial charge is 0.270 e. The number of rotatable bonds is 6. The molecule has 1 heterocycles. The van der Waals surface area contributed by atoms with Crippen LogP contribution in [-0.4, -0.2) is 22.4 Å². The van der Waals surface area contributed by atoms with Crippen LogP contribution in [0, 0.1) is 19.8 Å². The third kappa shape index (κ3) is 5.36. The van der Waals surface area contributed by atoms with Gasteiger partial charge in [0.1, 0.15) is 5.69 Å². The van der Waals surface area contributed by atoms with Crippen molar-refractivity contribution >= 4 is 11.9 Å². The van der Waals surface area contributed by atoms with Crippen LogP contribution in [0.3, 0.4) is 0 Å². The Morgan fingerprint density at radius 3 is 2.65 bits per heavy atom. The zero-order valence-corrected chi connectivity index (χ0v) is 14.2. The number of aromatic nitrogens is 2. The van der Waals surface area contributed by atoms with E-state index in [1.807, 2.05) is 19.1 Å². The monoisotopic (exact) mass is 312 g/mol. The van der Waals surface area contributed by atoms with Crippen LogP contribution < -0.4 is 10.6 Å². The van der Waals surface area contributed by atoms with Crippen molar-refractivity contribution in [2.45, 2.75) is 34.2 Å². The molecule has 23 heavy (non-hydrogen) atoms. The number of amides is 1. The molecule has 0 fully saturated rings. The van der Waals surface area contributed by atoms with E-state index in [1.165, 1.54) is 5.56 Å². The maximum Gasteiger partial charge on any atom is 0.270 e. The maximum absolute atomic E-state index is 12.1. The van der Waals surface area contributed by atoms with E-state index in [2.05, 4.69) is 53.5 Å². The number of carbonyl (C=O) groups excluding carboxylic acids is 1. The summed E-state index contributed by atoms with van der Waals surface area (Å²) in [7, 11) is 0. The third-order valence-electron chi connectivity index (χ3n) is 3.29. The van der Waals surface area contributed by atoms with E-state index in [0.29, 0.717) is 30.6 Å². The first-order chi connectivity index (χ1) is 10.9. The molecule has 0 aliphatic rings. The van der Waals surface area contributed by atoms with Crippen LogP contribution in [0.15, 0.2) is 30.3 Å². The van der Waals surface area contributed by atoms with Crippen LogP contribution in [0.2, 0.25) is 0 Å². The van der Waals surface area contributed by atoms with Crippen LogP contribution in [0.5, 0.6) is 0 Å². The highest BCUT2D eigenvalue weighted by Gasteiger charge is 2.10. The molecule has 0 aliphatic heterocycles. The predicted molar refractivity (Wildman–Crippen MR) is 92.4 cm³/mol. The summed E-state index contributed by atoms with van der Waals surface area (Å²) in [6.45, 7) is 9.29. The molecular formula is C18H24N4O. The Morgan fingerprint density at radius 2 is 1.96 bits per heavy atom. The number of nitrogens with one attached hydrogen (secondary N) is 2. The number of hydrogen-bond donors (Lipinski definition) is 2. The molecule has 0 spiro atoms. The Labute approximate surface area is 137 Å². The lowest BCUT2D eigenvalue weighted by atomic mass is 10.1. The van der Waals surface area contributed by atoms with Gasteiger partial charge in [0.05, 0.1) is 0 Å². The molecule has 5 heteroatoms. The second-order valence-electron chi connectivity index (χ2n) is 6.16. The van der Waals surface area contributed by atoms with Crippen LogP contribution in [0.25, 0.3) is 0 Å². The van der Waals surface area contributed by atoms with E-state index in [0.717, 1.165) is 11.3 Å². The average Bonchev–Trinajstić information content (AvgIpc) is 2.50. The van der Waals surface area contributed by atoms with Gasteiger partial charge in [-0.1, -0.05) is 43.7 Å². The van der Waals surface area contributed by atoms with E-state index >= 15 is 0 Å². The van der Waals surface area contributed by atoms with Crippen molar-refractivity contribution in [2.24, 2.45) is 5.92 Å². The summed E-state index contributed by atoms with van der Waals surface area (Å²) in [6.07, 6.45) is 0. The van der Waals surface area contributed by atoms with Crippen LogP contribution in [0.1, 0.15) is 41.2 Å². The highest BCUT2D eigenvalue weighted by atomic mass is 16.1. The topological polar surface area (TPSA) is 66.9 Å².